The van der Waals surface area contributed by atoms with Gasteiger partial charge in [0, 0.05) is 19.2 Å². The molecule has 0 aliphatic rings. The summed E-state index contributed by atoms with van der Waals surface area (Å²) in [5.74, 6) is -0.291. The fraction of sp³-hybridized carbons (Fsp3) is 0.188. The number of hydrogen-bond donors (Lipinski definition) is 2. The topological polar surface area (TPSA) is 128 Å². The number of anilines is 1. The van der Waals surface area contributed by atoms with E-state index in [0.29, 0.717) is 5.56 Å². The molecule has 0 aromatic heterocycles. The lowest BCUT2D eigenvalue weighted by atomic mass is 10.2. The Morgan fingerprint density at radius 2 is 1.88 bits per heavy atom. The number of carbonyl (C=O) groups is 1. The maximum Gasteiger partial charge on any atom is 0.271 e. The first-order valence-electron chi connectivity index (χ1n) is 7.37. The van der Waals surface area contributed by atoms with Crippen LogP contribution in [-0.4, -0.2) is 33.4 Å². The van der Waals surface area contributed by atoms with E-state index in [-0.39, 0.29) is 27.6 Å². The summed E-state index contributed by atoms with van der Waals surface area (Å²) in [6.45, 7) is 1.62. The predicted octanol–water partition coefficient (Wildman–Crippen LogP) is 2.07. The Labute approximate surface area is 150 Å². The molecule has 0 radical (unpaired) electrons. The molecule has 2 aromatic carbocycles. The molecular weight excluding hydrogens is 362 g/mol. The molecule has 0 unspecified atom stereocenters. The van der Waals surface area contributed by atoms with E-state index in [1.165, 1.54) is 44.5 Å². The number of nitro benzene ring substituents is 1. The van der Waals surface area contributed by atoms with Crippen LogP contribution in [0.4, 0.5) is 11.4 Å². The van der Waals surface area contributed by atoms with Crippen molar-refractivity contribution in [1.82, 2.24) is 5.32 Å². The van der Waals surface area contributed by atoms with E-state index in [1.807, 2.05) is 0 Å². The van der Waals surface area contributed by atoms with Gasteiger partial charge in [-0.25, -0.2) is 8.42 Å². The predicted molar refractivity (Wildman–Crippen MR) is 95.0 cm³/mol. The van der Waals surface area contributed by atoms with Gasteiger partial charge in [-0.3, -0.25) is 19.6 Å². The van der Waals surface area contributed by atoms with E-state index in [2.05, 4.69) is 10.0 Å². The molecule has 9 nitrogen and oxygen atoms in total. The summed E-state index contributed by atoms with van der Waals surface area (Å²) in [7, 11) is -1.30. The third kappa shape index (κ3) is 3.91. The molecule has 1 amide bonds. The van der Waals surface area contributed by atoms with Crippen LogP contribution in [0, 0.1) is 17.0 Å². The van der Waals surface area contributed by atoms with Crippen LogP contribution in [0.5, 0.6) is 5.75 Å². The van der Waals surface area contributed by atoms with Gasteiger partial charge in [-0.2, -0.15) is 0 Å². The van der Waals surface area contributed by atoms with Crippen molar-refractivity contribution in [3.63, 3.8) is 0 Å². The van der Waals surface area contributed by atoms with Crippen LogP contribution in [0.1, 0.15) is 15.9 Å². The van der Waals surface area contributed by atoms with E-state index in [1.54, 1.807) is 6.92 Å². The van der Waals surface area contributed by atoms with Crippen LogP contribution in [0.25, 0.3) is 0 Å². The smallest absolute Gasteiger partial charge is 0.271 e. The van der Waals surface area contributed by atoms with Gasteiger partial charge in [0.1, 0.15) is 5.75 Å². The van der Waals surface area contributed by atoms with Gasteiger partial charge in [-0.15, -0.1) is 0 Å². The maximum atomic E-state index is 12.6. The first kappa shape index (κ1) is 19.2. The third-order valence-corrected chi connectivity index (χ3v) is 4.99. The van der Waals surface area contributed by atoms with E-state index >= 15 is 0 Å². The number of ether oxygens (including phenoxy) is 1. The maximum absolute atomic E-state index is 12.6. The third-order valence-electron chi connectivity index (χ3n) is 3.63. The fourth-order valence-electron chi connectivity index (χ4n) is 2.20. The summed E-state index contributed by atoms with van der Waals surface area (Å²) < 4.78 is 32.7. The highest BCUT2D eigenvalue weighted by Crippen LogP contribution is 2.27. The van der Waals surface area contributed by atoms with E-state index in [9.17, 15) is 23.3 Å². The molecule has 10 heteroatoms. The molecule has 138 valence electrons. The zero-order valence-corrected chi connectivity index (χ0v) is 15.1. The molecule has 2 N–H and O–H groups in total. The molecule has 0 saturated carbocycles. The fourth-order valence-corrected chi connectivity index (χ4v) is 3.35. The lowest BCUT2D eigenvalue weighted by Crippen LogP contribution is -2.20. The summed E-state index contributed by atoms with van der Waals surface area (Å²) in [5.41, 5.74) is 0.401. The molecule has 0 aliphatic heterocycles. The van der Waals surface area contributed by atoms with E-state index in [4.69, 9.17) is 4.74 Å². The Hall–Kier alpha value is -3.14. The lowest BCUT2D eigenvalue weighted by Gasteiger charge is -2.13. The van der Waals surface area contributed by atoms with Crippen LogP contribution in [0.15, 0.2) is 41.3 Å². The standard InChI is InChI=1S/C16H17N3O6S/c1-10-4-5-11(19(21)22)8-14(10)18-26(23,24)12-6-7-15(25-3)13(9-12)16(20)17-2/h4-9,18H,1-3H3,(H,17,20). The van der Waals surface area contributed by atoms with E-state index in [0.717, 1.165) is 6.07 Å². The van der Waals surface area contributed by atoms with Gasteiger partial charge < -0.3 is 10.1 Å². The molecule has 0 aliphatic carbocycles. The van der Waals surface area contributed by atoms with Crippen molar-refractivity contribution in [2.75, 3.05) is 18.9 Å². The Bertz CT molecular complexity index is 972. The molecule has 0 heterocycles. The van der Waals surface area contributed by atoms with Crippen molar-refractivity contribution in [3.05, 3.63) is 57.6 Å². The average molecular weight is 379 g/mol. The van der Waals surface area contributed by atoms with Gasteiger partial charge in [0.2, 0.25) is 0 Å². The minimum absolute atomic E-state index is 0.0497. The second-order valence-corrected chi connectivity index (χ2v) is 6.99. The summed E-state index contributed by atoms with van der Waals surface area (Å²) in [6, 6.07) is 7.67. The van der Waals surface area contributed by atoms with E-state index < -0.39 is 20.9 Å². The molecule has 0 bridgehead atoms. The van der Waals surface area contributed by atoms with Crippen molar-refractivity contribution >= 4 is 27.3 Å². The van der Waals surface area contributed by atoms with Crippen molar-refractivity contribution < 1.29 is 22.9 Å². The minimum Gasteiger partial charge on any atom is -0.496 e. The minimum atomic E-state index is -4.08. The second-order valence-electron chi connectivity index (χ2n) is 5.30. The van der Waals surface area contributed by atoms with Gasteiger partial charge in [-0.05, 0) is 30.7 Å². The molecule has 2 rings (SSSR count). The molecule has 0 saturated heterocycles. The first-order chi connectivity index (χ1) is 12.2. The van der Waals surface area contributed by atoms with Gasteiger partial charge in [0.15, 0.2) is 0 Å². The normalized spacial score (nSPS) is 10.9. The highest BCUT2D eigenvalue weighted by Gasteiger charge is 2.21. The Kier molecular flexibility index (Phi) is 5.46. The summed E-state index contributed by atoms with van der Waals surface area (Å²) in [4.78, 5) is 22.0. The van der Waals surface area contributed by atoms with Crippen LogP contribution >= 0.6 is 0 Å². The Morgan fingerprint density at radius 1 is 1.19 bits per heavy atom. The molecular formula is C16H17N3O6S. The van der Waals surface area contributed by atoms with Crippen LogP contribution < -0.4 is 14.8 Å². The van der Waals surface area contributed by atoms with Gasteiger partial charge >= 0.3 is 0 Å². The zero-order chi connectivity index (χ0) is 19.5. The Morgan fingerprint density at radius 3 is 2.46 bits per heavy atom. The van der Waals surface area contributed by atoms with Crippen molar-refractivity contribution in [2.45, 2.75) is 11.8 Å². The summed E-state index contributed by atoms with van der Waals surface area (Å²) >= 11 is 0. The number of hydrogen-bond acceptors (Lipinski definition) is 6. The monoisotopic (exact) mass is 379 g/mol. The highest BCUT2D eigenvalue weighted by atomic mass is 32.2. The highest BCUT2D eigenvalue weighted by molar-refractivity contribution is 7.92. The van der Waals surface area contributed by atoms with Crippen LogP contribution in [-0.2, 0) is 10.0 Å². The number of rotatable bonds is 6. The Balaban J connectivity index is 2.47. The number of nitro groups is 1. The first-order valence-corrected chi connectivity index (χ1v) is 8.86. The van der Waals surface area contributed by atoms with Crippen molar-refractivity contribution in [3.8, 4) is 5.75 Å². The molecule has 0 fully saturated rings. The lowest BCUT2D eigenvalue weighted by molar-refractivity contribution is -0.384. The van der Waals surface area contributed by atoms with Crippen LogP contribution in [0.2, 0.25) is 0 Å². The number of benzene rings is 2. The second kappa shape index (κ2) is 7.40. The average Bonchev–Trinajstić information content (AvgIpc) is 2.61. The largest absolute Gasteiger partial charge is 0.496 e. The van der Waals surface area contributed by atoms with Crippen molar-refractivity contribution in [2.24, 2.45) is 0 Å². The quantitative estimate of drug-likeness (QED) is 0.584. The molecule has 26 heavy (non-hydrogen) atoms. The number of carbonyl (C=O) groups excluding carboxylic acids is 1. The number of aryl methyl sites for hydroxylation is 1. The van der Waals surface area contributed by atoms with Gasteiger partial charge in [0.05, 0.1) is 28.2 Å². The van der Waals surface area contributed by atoms with Crippen LogP contribution in [0.3, 0.4) is 0 Å². The van der Waals surface area contributed by atoms with Crippen molar-refractivity contribution in [1.29, 1.82) is 0 Å². The zero-order valence-electron chi connectivity index (χ0n) is 14.3. The van der Waals surface area contributed by atoms with Gasteiger partial charge in [0.25, 0.3) is 21.6 Å². The number of methoxy groups -OCH3 is 1. The van der Waals surface area contributed by atoms with Gasteiger partial charge in [-0.1, -0.05) is 6.07 Å². The number of nitrogens with zero attached hydrogens (tertiary/aromatic N) is 1. The number of non-ortho nitro benzene ring substituents is 1. The summed E-state index contributed by atoms with van der Waals surface area (Å²) in [5, 5.41) is 13.3. The SMILES string of the molecule is CNC(=O)c1cc(S(=O)(=O)Nc2cc([N+](=O)[O-])ccc2C)ccc1OC. The molecule has 2 aromatic rings. The number of sulfonamides is 1. The molecule has 0 atom stereocenters. The number of nitrogens with one attached hydrogen (secondary N) is 2. The summed E-state index contributed by atoms with van der Waals surface area (Å²) in [6.07, 6.45) is 0. The molecule has 0 spiro atoms. The number of amides is 1.